The summed E-state index contributed by atoms with van der Waals surface area (Å²) in [5.74, 6) is 8.17. The Labute approximate surface area is 648 Å². The highest BCUT2D eigenvalue weighted by Gasteiger charge is 2.16. The Hall–Kier alpha value is -10.8. The van der Waals surface area contributed by atoms with Crippen molar-refractivity contribution < 1.29 is 66.4 Å². The minimum atomic E-state index is -0.534. The van der Waals surface area contributed by atoms with Gasteiger partial charge in [-0.05, 0) is 171 Å². The fourth-order valence-corrected chi connectivity index (χ4v) is 10.6. The molecule has 596 valence electrons. The number of hydrogen-bond donors (Lipinski definition) is 6. The SMILES string of the molecule is CCCCOc1cc(COc2cc(CNC(=O)Nc3nc(C)cc(=O)[nH]3)cc(OCc3cc(OCCCC)cc(OCCCC)c3)c2)cc(OCCCC)c1.CCCCOc1cc(COc2cc(CNC(=O)Nc3nc(C)cc(=O)[nH]3)cc(OCc3cc(OCCCC)cc(OCCCC)c3)c2)cc(OCCCC)c1. The molecule has 4 amide bonds. The Kier molecular flexibility index (Phi) is 38.8. The molecule has 0 fully saturated rings. The third-order valence-corrected chi connectivity index (χ3v) is 16.5. The van der Waals surface area contributed by atoms with Crippen molar-refractivity contribution in [1.29, 1.82) is 0 Å². The molecule has 0 aliphatic heterocycles. The van der Waals surface area contributed by atoms with Crippen LogP contribution in [0.15, 0.2) is 131 Å². The zero-order valence-electron chi connectivity index (χ0n) is 66.2. The van der Waals surface area contributed by atoms with Crippen LogP contribution in [0.25, 0.3) is 0 Å². The molecule has 6 aromatic carbocycles. The van der Waals surface area contributed by atoms with Gasteiger partial charge in [0.25, 0.3) is 11.1 Å². The number of aromatic amines is 2. The molecule has 0 unspecified atom stereocenters. The van der Waals surface area contributed by atoms with E-state index in [0.717, 1.165) is 182 Å². The molecule has 2 aromatic heterocycles. The normalized spacial score (nSPS) is 10.8. The van der Waals surface area contributed by atoms with Crippen molar-refractivity contribution in [2.45, 2.75) is 211 Å². The molecule has 8 aromatic rings. The average molecular weight is 1520 g/mol. The van der Waals surface area contributed by atoms with Gasteiger partial charge in [0, 0.05) is 73.0 Å². The number of nitrogens with one attached hydrogen (secondary N) is 6. The fourth-order valence-electron chi connectivity index (χ4n) is 10.6. The first kappa shape index (κ1) is 86.5. The Morgan fingerprint density at radius 3 is 0.664 bits per heavy atom. The molecule has 110 heavy (non-hydrogen) atoms. The van der Waals surface area contributed by atoms with Crippen LogP contribution in [0.2, 0.25) is 0 Å². The molecule has 0 radical (unpaired) electrons. The van der Waals surface area contributed by atoms with E-state index in [0.29, 0.717) is 87.2 Å². The van der Waals surface area contributed by atoms with Gasteiger partial charge in [-0.3, -0.25) is 30.2 Å². The largest absolute Gasteiger partial charge is 0.493 e. The van der Waals surface area contributed by atoms with Gasteiger partial charge in [-0.2, -0.15) is 0 Å². The zero-order valence-corrected chi connectivity index (χ0v) is 66.2. The van der Waals surface area contributed by atoms with Crippen molar-refractivity contribution in [3.63, 3.8) is 0 Å². The van der Waals surface area contributed by atoms with Crippen molar-refractivity contribution in [1.82, 2.24) is 30.6 Å². The van der Waals surface area contributed by atoms with Gasteiger partial charge in [-0.15, -0.1) is 0 Å². The molecular formula is C86H116N8O16. The second-order valence-corrected chi connectivity index (χ2v) is 26.7. The van der Waals surface area contributed by atoms with Crippen LogP contribution >= 0.6 is 0 Å². The summed E-state index contributed by atoms with van der Waals surface area (Å²) in [5, 5.41) is 10.8. The van der Waals surface area contributed by atoms with E-state index in [1.807, 2.05) is 109 Å². The topological polar surface area (TPSA) is 285 Å². The lowest BCUT2D eigenvalue weighted by Gasteiger charge is -2.16. The van der Waals surface area contributed by atoms with Gasteiger partial charge in [0.05, 0.1) is 52.9 Å². The van der Waals surface area contributed by atoms with Gasteiger partial charge < -0.3 is 67.5 Å². The maximum absolute atomic E-state index is 12.8. The summed E-state index contributed by atoms with van der Waals surface area (Å²) in [6, 6.07) is 36.1. The summed E-state index contributed by atoms with van der Waals surface area (Å²) in [4.78, 5) is 62.7. The van der Waals surface area contributed by atoms with E-state index in [1.165, 1.54) is 12.1 Å². The number of carbonyl (C=O) groups is 2. The summed E-state index contributed by atoms with van der Waals surface area (Å²) in [5.41, 5.74) is 5.28. The minimum absolute atomic E-state index is 0.0569. The lowest BCUT2D eigenvalue weighted by molar-refractivity contribution is 0.250. The molecule has 0 saturated heterocycles. The smallest absolute Gasteiger partial charge is 0.321 e. The van der Waals surface area contributed by atoms with Crippen molar-refractivity contribution in [2.75, 3.05) is 63.5 Å². The van der Waals surface area contributed by atoms with Crippen LogP contribution in [0, 0.1) is 13.8 Å². The van der Waals surface area contributed by atoms with E-state index in [-0.39, 0.29) is 62.5 Å². The van der Waals surface area contributed by atoms with Crippen LogP contribution in [0.4, 0.5) is 21.5 Å². The monoisotopic (exact) mass is 1520 g/mol. The predicted octanol–water partition coefficient (Wildman–Crippen LogP) is 18.5. The quantitative estimate of drug-likeness (QED) is 0.0193. The average Bonchev–Trinajstić information content (AvgIpc) is 0.925. The number of amides is 4. The molecule has 0 bridgehead atoms. The fraction of sp³-hybridized carbons (Fsp3) is 0.465. The van der Waals surface area contributed by atoms with Gasteiger partial charge in [-0.25, -0.2) is 19.6 Å². The molecule has 8 rings (SSSR count). The first-order chi connectivity index (χ1) is 53.5. The van der Waals surface area contributed by atoms with Crippen LogP contribution in [0.1, 0.15) is 203 Å². The summed E-state index contributed by atoms with van der Waals surface area (Å²) >= 11 is 0. The number of ether oxygens (including phenoxy) is 12. The number of hydrogen-bond acceptors (Lipinski definition) is 18. The molecule has 0 atom stereocenters. The van der Waals surface area contributed by atoms with E-state index in [1.54, 1.807) is 13.8 Å². The highest BCUT2D eigenvalue weighted by atomic mass is 16.5. The number of carbonyl (C=O) groups excluding carboxylic acids is 2. The minimum Gasteiger partial charge on any atom is -0.493 e. The van der Waals surface area contributed by atoms with Gasteiger partial charge in [0.15, 0.2) is 0 Å². The van der Waals surface area contributed by atoms with Gasteiger partial charge in [0.2, 0.25) is 11.9 Å². The molecule has 0 aliphatic carbocycles. The maximum Gasteiger partial charge on any atom is 0.321 e. The van der Waals surface area contributed by atoms with E-state index in [9.17, 15) is 19.2 Å². The Morgan fingerprint density at radius 2 is 0.473 bits per heavy atom. The highest BCUT2D eigenvalue weighted by molar-refractivity contribution is 5.87. The second kappa shape index (κ2) is 49.3. The molecule has 6 N–H and O–H groups in total. The number of H-pyrrole nitrogens is 2. The summed E-state index contributed by atoms with van der Waals surface area (Å²) in [6.45, 7) is 26.6. The molecule has 0 saturated carbocycles. The summed E-state index contributed by atoms with van der Waals surface area (Å²) in [7, 11) is 0. The van der Waals surface area contributed by atoms with Crippen LogP contribution in [0.5, 0.6) is 69.0 Å². The number of rotatable bonds is 50. The number of aromatic nitrogens is 4. The first-order valence-corrected chi connectivity index (χ1v) is 39.2. The third-order valence-electron chi connectivity index (χ3n) is 16.5. The Bertz CT molecular complexity index is 3630. The maximum atomic E-state index is 12.8. The lowest BCUT2D eigenvalue weighted by atomic mass is 10.1. The van der Waals surface area contributed by atoms with E-state index in [4.69, 9.17) is 56.8 Å². The van der Waals surface area contributed by atoms with Crippen LogP contribution in [-0.4, -0.2) is 84.9 Å². The molecule has 0 spiro atoms. The summed E-state index contributed by atoms with van der Waals surface area (Å²) in [6.07, 6.45) is 15.9. The second-order valence-electron chi connectivity index (χ2n) is 26.7. The standard InChI is InChI=1S/2C43H58N4O8/c2*1-6-10-14-50-35-21-33(22-36(25-35)51-15-11-7-2)29-54-39-19-32(28-44-43(49)47-42-45-31(5)18-41(48)46-42)20-40(27-39)55-30-34-23-37(52-16-12-8-3)26-38(24-34)53-17-13-9-4/h2*18-27H,6-17,28-30H2,1-5H3,(H3,44,45,46,47,48,49). The number of anilines is 2. The van der Waals surface area contributed by atoms with Crippen LogP contribution in [0.3, 0.4) is 0 Å². The molecule has 2 heterocycles. The van der Waals surface area contributed by atoms with Crippen molar-refractivity contribution in [3.8, 4) is 69.0 Å². The van der Waals surface area contributed by atoms with Crippen LogP contribution < -0.4 is 89.2 Å². The van der Waals surface area contributed by atoms with E-state index in [2.05, 4.69) is 96.6 Å². The highest BCUT2D eigenvalue weighted by Crippen LogP contribution is 2.33. The summed E-state index contributed by atoms with van der Waals surface area (Å²) < 4.78 is 73.7. The first-order valence-electron chi connectivity index (χ1n) is 39.2. The Balaban J connectivity index is 0.000000306. The number of aryl methyl sites for hydroxylation is 2. The molecule has 24 heteroatoms. The number of benzene rings is 6. The Morgan fingerprint density at radius 1 is 0.282 bits per heavy atom. The zero-order chi connectivity index (χ0) is 78.5. The van der Waals surface area contributed by atoms with Crippen molar-refractivity contribution in [3.05, 3.63) is 187 Å². The van der Waals surface area contributed by atoms with E-state index < -0.39 is 12.1 Å². The number of unbranched alkanes of at least 4 members (excludes halogenated alkanes) is 8. The van der Waals surface area contributed by atoms with Gasteiger partial charge in [0.1, 0.15) is 95.4 Å². The van der Waals surface area contributed by atoms with E-state index >= 15 is 0 Å². The molecule has 24 nitrogen and oxygen atoms in total. The lowest BCUT2D eigenvalue weighted by Crippen LogP contribution is -2.30. The van der Waals surface area contributed by atoms with Gasteiger partial charge in [-0.1, -0.05) is 107 Å². The van der Waals surface area contributed by atoms with Gasteiger partial charge >= 0.3 is 12.1 Å². The van der Waals surface area contributed by atoms with Crippen LogP contribution in [-0.2, 0) is 39.5 Å². The number of urea groups is 2. The van der Waals surface area contributed by atoms with Crippen molar-refractivity contribution >= 4 is 24.0 Å². The molecular weight excluding hydrogens is 1400 g/mol. The number of nitrogens with zero attached hydrogens (tertiary/aromatic N) is 2. The van der Waals surface area contributed by atoms with Crippen molar-refractivity contribution in [2.24, 2.45) is 0 Å². The predicted molar refractivity (Wildman–Crippen MR) is 430 cm³/mol. The molecule has 0 aliphatic rings. The third kappa shape index (κ3) is 33.8.